The zero-order chi connectivity index (χ0) is 14.7. The van der Waals surface area contributed by atoms with Gasteiger partial charge in [-0.15, -0.1) is 0 Å². The Bertz CT molecular complexity index is 523. The number of halogens is 1. The van der Waals surface area contributed by atoms with Crippen molar-refractivity contribution in [2.75, 3.05) is 26.7 Å². The zero-order valence-corrected chi connectivity index (χ0v) is 11.0. The Hall–Kier alpha value is -2.15. The van der Waals surface area contributed by atoms with E-state index in [0.717, 1.165) is 4.90 Å². The second kappa shape index (κ2) is 5.87. The lowest BCUT2D eigenvalue weighted by Crippen LogP contribution is -2.40. The Morgan fingerprint density at radius 2 is 2.10 bits per heavy atom. The highest BCUT2D eigenvalue weighted by molar-refractivity contribution is 6.01. The standard InChI is InChI=1S/C13H15FN2O4/c1-15-7-12(18)16(13(15)19)6-9(17)8-20-11-5-3-2-4-10(11)14/h2-5,9,17H,6-8H2,1H3/t9-/m0/s1. The van der Waals surface area contributed by atoms with E-state index >= 15 is 0 Å². The first-order valence-corrected chi connectivity index (χ1v) is 6.10. The first kappa shape index (κ1) is 14.3. The van der Waals surface area contributed by atoms with Gasteiger partial charge in [-0.25, -0.2) is 9.18 Å². The van der Waals surface area contributed by atoms with E-state index < -0.39 is 18.0 Å². The number of rotatable bonds is 5. The molecule has 0 aliphatic carbocycles. The number of amides is 3. The Kier molecular flexibility index (Phi) is 4.19. The molecule has 1 aromatic carbocycles. The molecule has 20 heavy (non-hydrogen) atoms. The fourth-order valence-electron chi connectivity index (χ4n) is 1.86. The van der Waals surface area contributed by atoms with Gasteiger partial charge >= 0.3 is 6.03 Å². The van der Waals surface area contributed by atoms with Crippen LogP contribution in [0.15, 0.2) is 24.3 Å². The van der Waals surface area contributed by atoms with Crippen LogP contribution in [0.1, 0.15) is 0 Å². The number of benzene rings is 1. The van der Waals surface area contributed by atoms with Gasteiger partial charge in [-0.2, -0.15) is 0 Å². The maximum absolute atomic E-state index is 13.3. The summed E-state index contributed by atoms with van der Waals surface area (Å²) in [6, 6.07) is 5.34. The molecule has 1 aliphatic heterocycles. The highest BCUT2D eigenvalue weighted by Crippen LogP contribution is 2.16. The lowest BCUT2D eigenvalue weighted by Gasteiger charge is -2.18. The highest BCUT2D eigenvalue weighted by atomic mass is 19.1. The predicted octanol–water partition coefficient (Wildman–Crippen LogP) is 0.459. The molecule has 7 heteroatoms. The monoisotopic (exact) mass is 282 g/mol. The number of aliphatic hydroxyl groups excluding tert-OH is 1. The third-order valence-corrected chi connectivity index (χ3v) is 2.89. The van der Waals surface area contributed by atoms with E-state index in [1.54, 1.807) is 6.07 Å². The Morgan fingerprint density at radius 3 is 2.70 bits per heavy atom. The summed E-state index contributed by atoms with van der Waals surface area (Å²) in [5, 5.41) is 9.77. The molecule has 3 amide bonds. The first-order valence-electron chi connectivity index (χ1n) is 6.10. The molecule has 1 aromatic rings. The minimum atomic E-state index is -1.07. The second-order valence-electron chi connectivity index (χ2n) is 4.54. The fraction of sp³-hybridized carbons (Fsp3) is 0.385. The molecule has 6 nitrogen and oxygen atoms in total. The molecule has 1 aliphatic rings. The van der Waals surface area contributed by atoms with Gasteiger partial charge in [0.1, 0.15) is 19.3 Å². The van der Waals surface area contributed by atoms with Crippen molar-refractivity contribution in [1.82, 2.24) is 9.80 Å². The number of carbonyl (C=O) groups excluding carboxylic acids is 2. The van der Waals surface area contributed by atoms with Gasteiger partial charge in [0, 0.05) is 7.05 Å². The van der Waals surface area contributed by atoms with Gasteiger partial charge < -0.3 is 14.7 Å². The molecule has 1 saturated heterocycles. The van der Waals surface area contributed by atoms with Crippen LogP contribution in [0.3, 0.4) is 0 Å². The minimum Gasteiger partial charge on any atom is -0.488 e. The lowest BCUT2D eigenvalue weighted by atomic mass is 10.3. The normalized spacial score (nSPS) is 16.8. The van der Waals surface area contributed by atoms with E-state index in [0.29, 0.717) is 0 Å². The van der Waals surface area contributed by atoms with Gasteiger partial charge in [0.05, 0.1) is 6.54 Å². The molecule has 0 unspecified atom stereocenters. The van der Waals surface area contributed by atoms with Crippen molar-refractivity contribution in [2.45, 2.75) is 6.10 Å². The largest absolute Gasteiger partial charge is 0.488 e. The molecule has 0 aromatic heterocycles. The molecule has 1 atom stereocenters. The predicted molar refractivity (Wildman–Crippen MR) is 67.6 cm³/mol. The summed E-state index contributed by atoms with van der Waals surface area (Å²) in [6.07, 6.45) is -1.07. The van der Waals surface area contributed by atoms with E-state index in [4.69, 9.17) is 4.74 Å². The number of hydrogen-bond acceptors (Lipinski definition) is 4. The van der Waals surface area contributed by atoms with Crippen molar-refractivity contribution < 1.29 is 23.8 Å². The maximum Gasteiger partial charge on any atom is 0.327 e. The van der Waals surface area contributed by atoms with Crippen molar-refractivity contribution in [3.63, 3.8) is 0 Å². The first-order chi connectivity index (χ1) is 9.49. The van der Waals surface area contributed by atoms with E-state index in [1.165, 1.54) is 30.1 Å². The van der Waals surface area contributed by atoms with Gasteiger partial charge in [0.2, 0.25) is 5.91 Å². The van der Waals surface area contributed by atoms with Gasteiger partial charge in [-0.1, -0.05) is 12.1 Å². The Labute approximate surface area is 115 Å². The van der Waals surface area contributed by atoms with Crippen LogP contribution in [0.5, 0.6) is 5.75 Å². The number of carbonyl (C=O) groups is 2. The number of β-amino-alcohol motifs (C(OH)–C–C–N with tert-alkyl or cyclic N) is 1. The minimum absolute atomic E-state index is 0.000274. The van der Waals surface area contributed by atoms with Crippen LogP contribution < -0.4 is 4.74 Å². The van der Waals surface area contributed by atoms with Crippen LogP contribution in [0.25, 0.3) is 0 Å². The summed E-state index contributed by atoms with van der Waals surface area (Å²) >= 11 is 0. The molecule has 0 radical (unpaired) electrons. The average molecular weight is 282 g/mol. The van der Waals surface area contributed by atoms with Crippen molar-refractivity contribution in [1.29, 1.82) is 0 Å². The summed E-state index contributed by atoms with van der Waals surface area (Å²) in [5.41, 5.74) is 0. The summed E-state index contributed by atoms with van der Waals surface area (Å²) < 4.78 is 18.4. The van der Waals surface area contributed by atoms with Crippen LogP contribution in [-0.2, 0) is 4.79 Å². The summed E-state index contributed by atoms with van der Waals surface area (Å²) in [7, 11) is 1.50. The van der Waals surface area contributed by atoms with Crippen LogP contribution >= 0.6 is 0 Å². The molecule has 0 saturated carbocycles. The SMILES string of the molecule is CN1CC(=O)N(C[C@H](O)COc2ccccc2F)C1=O. The number of aliphatic hydroxyl groups is 1. The van der Waals surface area contributed by atoms with Crippen molar-refractivity contribution in [3.8, 4) is 5.75 Å². The number of imide groups is 1. The highest BCUT2D eigenvalue weighted by Gasteiger charge is 2.34. The summed E-state index contributed by atoms with van der Waals surface area (Å²) in [5.74, 6) is -0.891. The van der Waals surface area contributed by atoms with Gasteiger partial charge in [0.15, 0.2) is 11.6 Å². The molecular formula is C13H15FN2O4. The third kappa shape index (κ3) is 3.05. The summed E-state index contributed by atoms with van der Waals surface area (Å²) in [4.78, 5) is 25.3. The van der Waals surface area contributed by atoms with E-state index in [1.807, 2.05) is 0 Å². The van der Waals surface area contributed by atoms with Crippen molar-refractivity contribution >= 4 is 11.9 Å². The number of ether oxygens (including phenoxy) is 1. The van der Waals surface area contributed by atoms with E-state index in [9.17, 15) is 19.1 Å². The molecule has 0 bridgehead atoms. The van der Waals surface area contributed by atoms with Gasteiger partial charge in [0.25, 0.3) is 0 Å². The molecule has 1 fully saturated rings. The Morgan fingerprint density at radius 1 is 1.40 bits per heavy atom. The Balaban J connectivity index is 1.87. The van der Waals surface area contributed by atoms with Crippen LogP contribution in [0.4, 0.5) is 9.18 Å². The third-order valence-electron chi connectivity index (χ3n) is 2.89. The molecule has 1 heterocycles. The maximum atomic E-state index is 13.3. The molecule has 2 rings (SSSR count). The average Bonchev–Trinajstić information content (AvgIpc) is 2.64. The van der Waals surface area contributed by atoms with Crippen LogP contribution in [0, 0.1) is 5.82 Å². The number of para-hydroxylation sites is 1. The van der Waals surface area contributed by atoms with Crippen molar-refractivity contribution in [2.24, 2.45) is 0 Å². The quantitative estimate of drug-likeness (QED) is 0.797. The topological polar surface area (TPSA) is 70.1 Å². The van der Waals surface area contributed by atoms with Crippen LogP contribution in [-0.4, -0.2) is 59.7 Å². The number of nitrogens with zero attached hydrogens (tertiary/aromatic N) is 2. The molecular weight excluding hydrogens is 267 g/mol. The molecule has 0 spiro atoms. The van der Waals surface area contributed by atoms with Gasteiger partial charge in [-0.05, 0) is 12.1 Å². The fourth-order valence-corrected chi connectivity index (χ4v) is 1.86. The number of hydrogen-bond donors (Lipinski definition) is 1. The van der Waals surface area contributed by atoms with Gasteiger partial charge in [-0.3, -0.25) is 9.69 Å². The van der Waals surface area contributed by atoms with E-state index in [2.05, 4.69) is 0 Å². The summed E-state index contributed by atoms with van der Waals surface area (Å²) in [6.45, 7) is -0.377. The number of likely N-dealkylation sites (N-methyl/N-ethyl adjacent to an activating group) is 1. The molecule has 1 N–H and O–H groups in total. The van der Waals surface area contributed by atoms with Crippen LogP contribution in [0.2, 0.25) is 0 Å². The van der Waals surface area contributed by atoms with Crippen molar-refractivity contribution in [3.05, 3.63) is 30.1 Å². The molecule has 108 valence electrons. The second-order valence-corrected chi connectivity index (χ2v) is 4.54. The smallest absolute Gasteiger partial charge is 0.327 e. The number of urea groups is 1. The lowest BCUT2D eigenvalue weighted by molar-refractivity contribution is -0.126. The van der Waals surface area contributed by atoms with E-state index in [-0.39, 0.29) is 31.4 Å². The zero-order valence-electron chi connectivity index (χ0n) is 11.0.